The van der Waals surface area contributed by atoms with Gasteiger partial charge in [0, 0.05) is 6.04 Å². The van der Waals surface area contributed by atoms with Gasteiger partial charge in [0.1, 0.15) is 0 Å². The van der Waals surface area contributed by atoms with Gasteiger partial charge in [-0.3, -0.25) is 0 Å². The quantitative estimate of drug-likeness (QED) is 0.883. The Morgan fingerprint density at radius 3 is 2.62 bits per heavy atom. The minimum absolute atomic E-state index is 0.0571. The Labute approximate surface area is 107 Å². The van der Waals surface area contributed by atoms with Crippen LogP contribution in [0.15, 0.2) is 18.2 Å². The average molecular weight is 262 g/mol. The van der Waals surface area contributed by atoms with Gasteiger partial charge >= 0.3 is 0 Å². The molecule has 16 heavy (non-hydrogen) atoms. The van der Waals surface area contributed by atoms with Crippen molar-refractivity contribution in [3.63, 3.8) is 0 Å². The Hall–Kier alpha value is -0.280. The second kappa shape index (κ2) is 6.45. The molecule has 1 aromatic carbocycles. The van der Waals surface area contributed by atoms with Crippen LogP contribution in [0.2, 0.25) is 10.0 Å². The number of hydrogen-bond donors (Lipinski definition) is 1. The largest absolute Gasteiger partial charge is 0.377 e. The lowest BCUT2D eigenvalue weighted by Crippen LogP contribution is -2.30. The molecule has 90 valence electrons. The van der Waals surface area contributed by atoms with Crippen LogP contribution in [0.1, 0.15) is 19.4 Å². The van der Waals surface area contributed by atoms with Crippen molar-refractivity contribution in [3.05, 3.63) is 33.8 Å². The molecule has 0 spiro atoms. The van der Waals surface area contributed by atoms with E-state index in [0.29, 0.717) is 23.1 Å². The summed E-state index contributed by atoms with van der Waals surface area (Å²) >= 11 is 12.0. The number of rotatable bonds is 5. The van der Waals surface area contributed by atoms with Gasteiger partial charge in [-0.05, 0) is 31.9 Å². The molecule has 0 saturated heterocycles. The topological polar surface area (TPSA) is 35.2 Å². The lowest BCUT2D eigenvalue weighted by atomic mass is 10.1. The zero-order valence-electron chi connectivity index (χ0n) is 9.54. The van der Waals surface area contributed by atoms with Crippen LogP contribution in [0.25, 0.3) is 0 Å². The molecular formula is C12H17Cl2NO. The zero-order chi connectivity index (χ0) is 12.1. The van der Waals surface area contributed by atoms with Crippen LogP contribution < -0.4 is 5.73 Å². The fraction of sp³-hybridized carbons (Fsp3) is 0.500. The lowest BCUT2D eigenvalue weighted by molar-refractivity contribution is 0.0684. The van der Waals surface area contributed by atoms with Crippen molar-refractivity contribution in [2.24, 2.45) is 5.73 Å². The first-order valence-corrected chi connectivity index (χ1v) is 6.06. The second-order valence-corrected chi connectivity index (χ2v) is 4.84. The molecule has 1 unspecified atom stereocenters. The first-order chi connectivity index (χ1) is 7.50. The van der Waals surface area contributed by atoms with E-state index in [4.69, 9.17) is 33.7 Å². The van der Waals surface area contributed by atoms with Gasteiger partial charge in [0.15, 0.2) is 0 Å². The molecule has 0 aliphatic heterocycles. The van der Waals surface area contributed by atoms with Gasteiger partial charge in [-0.1, -0.05) is 35.3 Å². The van der Waals surface area contributed by atoms with Crippen LogP contribution in [0.4, 0.5) is 0 Å². The van der Waals surface area contributed by atoms with E-state index in [2.05, 4.69) is 0 Å². The molecule has 0 aromatic heterocycles. The summed E-state index contributed by atoms with van der Waals surface area (Å²) in [7, 11) is 0. The monoisotopic (exact) mass is 261 g/mol. The van der Waals surface area contributed by atoms with E-state index in [0.717, 1.165) is 5.56 Å². The molecular weight excluding hydrogens is 245 g/mol. The van der Waals surface area contributed by atoms with Crippen LogP contribution in [-0.2, 0) is 11.2 Å². The summed E-state index contributed by atoms with van der Waals surface area (Å²) in [6.07, 6.45) is 0.868. The van der Waals surface area contributed by atoms with E-state index < -0.39 is 0 Å². The molecule has 4 heteroatoms. The van der Waals surface area contributed by atoms with E-state index in [-0.39, 0.29) is 12.1 Å². The van der Waals surface area contributed by atoms with E-state index in [1.165, 1.54) is 0 Å². The highest BCUT2D eigenvalue weighted by molar-refractivity contribution is 6.42. The highest BCUT2D eigenvalue weighted by Crippen LogP contribution is 2.26. The molecule has 0 heterocycles. The van der Waals surface area contributed by atoms with Crippen LogP contribution in [0.3, 0.4) is 0 Å². The molecule has 1 aromatic rings. The summed E-state index contributed by atoms with van der Waals surface area (Å²) < 4.78 is 5.44. The number of nitrogens with two attached hydrogens (primary N) is 1. The highest BCUT2D eigenvalue weighted by Gasteiger charge is 2.10. The van der Waals surface area contributed by atoms with Crippen molar-refractivity contribution in [3.8, 4) is 0 Å². The van der Waals surface area contributed by atoms with Gasteiger partial charge in [-0.15, -0.1) is 0 Å². The van der Waals surface area contributed by atoms with Crippen LogP contribution >= 0.6 is 23.2 Å². The Kier molecular flexibility index (Phi) is 5.56. The molecule has 1 atom stereocenters. The third kappa shape index (κ3) is 4.30. The average Bonchev–Trinajstić information content (AvgIpc) is 2.22. The highest BCUT2D eigenvalue weighted by atomic mass is 35.5. The number of hydrogen-bond acceptors (Lipinski definition) is 2. The fourth-order valence-electron chi connectivity index (χ4n) is 1.36. The first kappa shape index (κ1) is 13.8. The first-order valence-electron chi connectivity index (χ1n) is 5.30. The molecule has 1 rings (SSSR count). The molecule has 0 saturated carbocycles. The standard InChI is InChI=1S/C12H17Cl2NO/c1-8(2)16-7-10(15)6-9-4-3-5-11(13)12(9)14/h3-5,8,10H,6-7,15H2,1-2H3. The van der Waals surface area contributed by atoms with Crippen LogP contribution in [-0.4, -0.2) is 18.8 Å². The van der Waals surface area contributed by atoms with Crippen LogP contribution in [0.5, 0.6) is 0 Å². The van der Waals surface area contributed by atoms with E-state index in [1.807, 2.05) is 26.0 Å². The second-order valence-electron chi connectivity index (χ2n) is 4.06. The molecule has 2 N–H and O–H groups in total. The number of ether oxygens (including phenoxy) is 1. The Bertz CT molecular complexity index is 342. The van der Waals surface area contributed by atoms with E-state index in [9.17, 15) is 0 Å². The Morgan fingerprint density at radius 1 is 1.31 bits per heavy atom. The van der Waals surface area contributed by atoms with Crippen molar-refractivity contribution in [1.29, 1.82) is 0 Å². The third-order valence-electron chi connectivity index (χ3n) is 2.16. The maximum absolute atomic E-state index is 6.07. The van der Waals surface area contributed by atoms with Crippen LogP contribution in [0, 0.1) is 0 Å². The summed E-state index contributed by atoms with van der Waals surface area (Å²) in [6.45, 7) is 4.50. The minimum atomic E-state index is -0.0571. The third-order valence-corrected chi connectivity index (χ3v) is 3.02. The summed E-state index contributed by atoms with van der Waals surface area (Å²) in [5.74, 6) is 0. The molecule has 0 fully saturated rings. The lowest BCUT2D eigenvalue weighted by Gasteiger charge is -2.15. The normalized spacial score (nSPS) is 13.1. The van der Waals surface area contributed by atoms with Gasteiger partial charge in [-0.25, -0.2) is 0 Å². The van der Waals surface area contributed by atoms with Gasteiger partial charge in [0.2, 0.25) is 0 Å². The van der Waals surface area contributed by atoms with E-state index >= 15 is 0 Å². The smallest absolute Gasteiger partial charge is 0.0624 e. The van der Waals surface area contributed by atoms with Gasteiger partial charge in [0.25, 0.3) is 0 Å². The van der Waals surface area contributed by atoms with E-state index in [1.54, 1.807) is 6.07 Å². The van der Waals surface area contributed by atoms with Crippen molar-refractivity contribution in [1.82, 2.24) is 0 Å². The SMILES string of the molecule is CC(C)OCC(N)Cc1cccc(Cl)c1Cl. The molecule has 0 aliphatic carbocycles. The van der Waals surface area contributed by atoms with Gasteiger partial charge < -0.3 is 10.5 Å². The molecule has 0 radical (unpaired) electrons. The van der Waals surface area contributed by atoms with Gasteiger partial charge in [-0.2, -0.15) is 0 Å². The van der Waals surface area contributed by atoms with Crippen molar-refractivity contribution >= 4 is 23.2 Å². The summed E-state index contributed by atoms with van der Waals surface area (Å²) in [5, 5.41) is 1.15. The minimum Gasteiger partial charge on any atom is -0.377 e. The molecule has 0 amide bonds. The number of halogens is 2. The van der Waals surface area contributed by atoms with Gasteiger partial charge in [0.05, 0.1) is 22.8 Å². The molecule has 0 aliphatic rings. The predicted molar refractivity (Wildman–Crippen MR) is 69.2 cm³/mol. The predicted octanol–water partition coefficient (Wildman–Crippen LogP) is 3.29. The molecule has 0 bridgehead atoms. The number of benzene rings is 1. The Balaban J connectivity index is 2.56. The summed E-state index contributed by atoms with van der Waals surface area (Å²) in [5.41, 5.74) is 6.91. The summed E-state index contributed by atoms with van der Waals surface area (Å²) in [6, 6.07) is 5.52. The summed E-state index contributed by atoms with van der Waals surface area (Å²) in [4.78, 5) is 0. The van der Waals surface area contributed by atoms with Crippen molar-refractivity contribution in [2.45, 2.75) is 32.4 Å². The van der Waals surface area contributed by atoms with Crippen molar-refractivity contribution in [2.75, 3.05) is 6.61 Å². The fourth-order valence-corrected chi connectivity index (χ4v) is 1.76. The molecule has 2 nitrogen and oxygen atoms in total. The zero-order valence-corrected chi connectivity index (χ0v) is 11.1. The maximum atomic E-state index is 6.07. The maximum Gasteiger partial charge on any atom is 0.0624 e. The Morgan fingerprint density at radius 2 is 2.00 bits per heavy atom. The van der Waals surface area contributed by atoms with Crippen molar-refractivity contribution < 1.29 is 4.74 Å².